The van der Waals surface area contributed by atoms with Crippen LogP contribution in [-0.2, 0) is 14.6 Å². The molecule has 138 valence electrons. The van der Waals surface area contributed by atoms with E-state index in [0.29, 0.717) is 44.1 Å². The second kappa shape index (κ2) is 7.99. The summed E-state index contributed by atoms with van der Waals surface area (Å²) in [6, 6.07) is 6.10. The lowest BCUT2D eigenvalue weighted by Gasteiger charge is -2.35. The molecular weight excluding hydrogens is 340 g/mol. The van der Waals surface area contributed by atoms with E-state index in [1.54, 1.807) is 21.9 Å². The molecule has 6 nitrogen and oxygen atoms in total. The predicted octanol–water partition coefficient (Wildman–Crippen LogP) is 1.81. The number of rotatable bonds is 5. The first kappa shape index (κ1) is 19.4. The maximum Gasteiger partial charge on any atom is 0.254 e. The standard InChI is InChI=1S/C18H26N2O4S/c1-14(2)7-8-17(21)19-9-11-20(12-10-19)18(22)15-5-4-6-16(13-15)25(3,23)24/h4-6,13-14H,7-12H2,1-3H3. The normalized spacial score (nSPS) is 15.5. The third-order valence-corrected chi connectivity index (χ3v) is 5.47. The molecule has 1 aliphatic rings. The highest BCUT2D eigenvalue weighted by molar-refractivity contribution is 7.90. The maximum atomic E-state index is 12.6. The fourth-order valence-corrected chi connectivity index (χ4v) is 3.44. The minimum absolute atomic E-state index is 0.139. The third kappa shape index (κ3) is 5.29. The first-order chi connectivity index (χ1) is 11.7. The number of benzene rings is 1. The Labute approximate surface area is 149 Å². The van der Waals surface area contributed by atoms with Crippen LogP contribution in [-0.4, -0.2) is 62.5 Å². The smallest absolute Gasteiger partial charge is 0.254 e. The molecular formula is C18H26N2O4S. The molecule has 0 N–H and O–H groups in total. The summed E-state index contributed by atoms with van der Waals surface area (Å²) in [6.45, 7) is 6.16. The fraction of sp³-hybridized carbons (Fsp3) is 0.556. The molecule has 2 rings (SSSR count). The van der Waals surface area contributed by atoms with E-state index in [1.807, 2.05) is 0 Å². The van der Waals surface area contributed by atoms with Crippen molar-refractivity contribution in [2.45, 2.75) is 31.6 Å². The van der Waals surface area contributed by atoms with Crippen molar-refractivity contribution < 1.29 is 18.0 Å². The topological polar surface area (TPSA) is 74.8 Å². The molecule has 1 saturated heterocycles. The van der Waals surface area contributed by atoms with Gasteiger partial charge in [0.2, 0.25) is 5.91 Å². The van der Waals surface area contributed by atoms with Crippen LogP contribution in [0.4, 0.5) is 0 Å². The Morgan fingerprint density at radius 2 is 1.68 bits per heavy atom. The van der Waals surface area contributed by atoms with Crippen LogP contribution in [0.5, 0.6) is 0 Å². The van der Waals surface area contributed by atoms with Gasteiger partial charge in [-0.2, -0.15) is 0 Å². The lowest BCUT2D eigenvalue weighted by molar-refractivity contribution is -0.132. The molecule has 0 atom stereocenters. The number of nitrogens with zero attached hydrogens (tertiary/aromatic N) is 2. The van der Waals surface area contributed by atoms with Crippen LogP contribution in [0.3, 0.4) is 0 Å². The van der Waals surface area contributed by atoms with Gasteiger partial charge < -0.3 is 9.80 Å². The van der Waals surface area contributed by atoms with Crippen LogP contribution in [0.1, 0.15) is 37.0 Å². The van der Waals surface area contributed by atoms with Crippen LogP contribution < -0.4 is 0 Å². The number of carbonyl (C=O) groups is 2. The van der Waals surface area contributed by atoms with E-state index in [2.05, 4.69) is 13.8 Å². The average Bonchev–Trinajstić information content (AvgIpc) is 2.58. The molecule has 0 saturated carbocycles. The van der Waals surface area contributed by atoms with Crippen molar-refractivity contribution >= 4 is 21.7 Å². The van der Waals surface area contributed by atoms with Crippen LogP contribution in [0.25, 0.3) is 0 Å². The molecule has 1 aliphatic heterocycles. The summed E-state index contributed by atoms with van der Waals surface area (Å²) in [5.41, 5.74) is 0.363. The van der Waals surface area contributed by atoms with Gasteiger partial charge in [-0.15, -0.1) is 0 Å². The molecule has 0 radical (unpaired) electrons. The third-order valence-electron chi connectivity index (χ3n) is 4.36. The Balaban J connectivity index is 1.97. The van der Waals surface area contributed by atoms with Gasteiger partial charge >= 0.3 is 0 Å². The lowest BCUT2D eigenvalue weighted by Crippen LogP contribution is -2.50. The minimum atomic E-state index is -3.35. The zero-order valence-electron chi connectivity index (χ0n) is 15.1. The van der Waals surface area contributed by atoms with Crippen molar-refractivity contribution in [2.75, 3.05) is 32.4 Å². The summed E-state index contributed by atoms with van der Waals surface area (Å²) in [7, 11) is -3.35. The Morgan fingerprint density at radius 3 is 2.24 bits per heavy atom. The number of sulfone groups is 1. The van der Waals surface area contributed by atoms with Gasteiger partial charge in [0, 0.05) is 44.4 Å². The van der Waals surface area contributed by atoms with Crippen LogP contribution in [0.15, 0.2) is 29.2 Å². The summed E-state index contributed by atoms with van der Waals surface area (Å²) in [5, 5.41) is 0. The maximum absolute atomic E-state index is 12.6. The van der Waals surface area contributed by atoms with Crippen molar-refractivity contribution in [2.24, 2.45) is 5.92 Å². The Hall–Kier alpha value is -1.89. The first-order valence-corrected chi connectivity index (χ1v) is 10.4. The van der Waals surface area contributed by atoms with Crippen molar-refractivity contribution in [1.82, 2.24) is 9.80 Å². The van der Waals surface area contributed by atoms with Gasteiger partial charge in [0.1, 0.15) is 0 Å². The van der Waals surface area contributed by atoms with Crippen LogP contribution in [0.2, 0.25) is 0 Å². The van der Waals surface area contributed by atoms with E-state index in [0.717, 1.165) is 12.7 Å². The lowest BCUT2D eigenvalue weighted by atomic mass is 10.1. The van der Waals surface area contributed by atoms with Crippen molar-refractivity contribution in [3.8, 4) is 0 Å². The molecule has 1 fully saturated rings. The zero-order valence-corrected chi connectivity index (χ0v) is 15.9. The molecule has 0 unspecified atom stereocenters. The quantitative estimate of drug-likeness (QED) is 0.796. The van der Waals surface area contributed by atoms with Crippen LogP contribution in [0, 0.1) is 5.92 Å². The summed E-state index contributed by atoms with van der Waals surface area (Å²) in [4.78, 5) is 28.4. The minimum Gasteiger partial charge on any atom is -0.339 e. The molecule has 0 aromatic heterocycles. The van der Waals surface area contributed by atoms with Crippen LogP contribution >= 0.6 is 0 Å². The first-order valence-electron chi connectivity index (χ1n) is 8.55. The van der Waals surface area contributed by atoms with E-state index < -0.39 is 9.84 Å². The molecule has 1 aromatic rings. The Bertz CT molecular complexity index is 735. The predicted molar refractivity (Wildman–Crippen MR) is 96.1 cm³/mol. The second-order valence-electron chi connectivity index (χ2n) is 6.91. The van der Waals surface area contributed by atoms with E-state index in [4.69, 9.17) is 0 Å². The van der Waals surface area contributed by atoms with E-state index >= 15 is 0 Å². The summed E-state index contributed by atoms with van der Waals surface area (Å²) >= 11 is 0. The fourth-order valence-electron chi connectivity index (χ4n) is 2.77. The number of amides is 2. The highest BCUT2D eigenvalue weighted by Gasteiger charge is 2.25. The molecule has 2 amide bonds. The van der Waals surface area contributed by atoms with E-state index in [1.165, 1.54) is 12.1 Å². The molecule has 1 aromatic carbocycles. The molecule has 7 heteroatoms. The van der Waals surface area contributed by atoms with Crippen molar-refractivity contribution in [1.29, 1.82) is 0 Å². The second-order valence-corrected chi connectivity index (χ2v) is 8.92. The number of hydrogen-bond acceptors (Lipinski definition) is 4. The van der Waals surface area contributed by atoms with E-state index in [9.17, 15) is 18.0 Å². The summed E-state index contributed by atoms with van der Waals surface area (Å²) in [6.07, 6.45) is 2.54. The molecule has 0 spiro atoms. The van der Waals surface area contributed by atoms with Gasteiger partial charge in [-0.05, 0) is 30.5 Å². The SMILES string of the molecule is CC(C)CCC(=O)N1CCN(C(=O)c2cccc(S(C)(=O)=O)c2)CC1. The number of carbonyl (C=O) groups excluding carboxylic acids is 2. The monoisotopic (exact) mass is 366 g/mol. The zero-order chi connectivity index (χ0) is 18.6. The van der Waals surface area contributed by atoms with Gasteiger partial charge in [0.05, 0.1) is 4.90 Å². The number of piperazine rings is 1. The molecule has 25 heavy (non-hydrogen) atoms. The summed E-state index contributed by atoms with van der Waals surface area (Å²) in [5.74, 6) is 0.439. The average molecular weight is 366 g/mol. The highest BCUT2D eigenvalue weighted by atomic mass is 32.2. The Morgan fingerprint density at radius 1 is 1.08 bits per heavy atom. The van der Waals surface area contributed by atoms with Gasteiger partial charge in [-0.1, -0.05) is 19.9 Å². The van der Waals surface area contributed by atoms with E-state index in [-0.39, 0.29) is 16.7 Å². The van der Waals surface area contributed by atoms with Crippen molar-refractivity contribution in [3.05, 3.63) is 29.8 Å². The van der Waals surface area contributed by atoms with Gasteiger partial charge in [0.25, 0.3) is 5.91 Å². The highest BCUT2D eigenvalue weighted by Crippen LogP contribution is 2.15. The van der Waals surface area contributed by atoms with Gasteiger partial charge in [-0.3, -0.25) is 9.59 Å². The molecule has 0 bridgehead atoms. The van der Waals surface area contributed by atoms with Crippen molar-refractivity contribution in [3.63, 3.8) is 0 Å². The molecule has 0 aliphatic carbocycles. The van der Waals surface area contributed by atoms with Gasteiger partial charge in [-0.25, -0.2) is 8.42 Å². The Kier molecular flexibility index (Phi) is 6.21. The van der Waals surface area contributed by atoms with Gasteiger partial charge in [0.15, 0.2) is 9.84 Å². The summed E-state index contributed by atoms with van der Waals surface area (Å²) < 4.78 is 23.3. The molecule has 1 heterocycles. The largest absolute Gasteiger partial charge is 0.339 e. The number of hydrogen-bond donors (Lipinski definition) is 0.